The first-order valence-electron chi connectivity index (χ1n) is 5.07. The Bertz CT molecular complexity index is 610. The monoisotopic (exact) mass is 348 g/mol. The molecule has 0 amide bonds. The van der Waals surface area contributed by atoms with Crippen LogP contribution in [-0.4, -0.2) is 4.92 Å². The van der Waals surface area contributed by atoms with Crippen LogP contribution in [0.1, 0.15) is 5.56 Å². The predicted molar refractivity (Wildman–Crippen MR) is 72.4 cm³/mol. The average Bonchev–Trinajstić information content (AvgIpc) is 2.76. The molecule has 1 N–H and O–H groups in total. The van der Waals surface area contributed by atoms with Gasteiger partial charge < -0.3 is 5.32 Å². The van der Waals surface area contributed by atoms with E-state index in [0.29, 0.717) is 5.56 Å². The van der Waals surface area contributed by atoms with Crippen LogP contribution in [0.2, 0.25) is 0 Å². The molecule has 0 unspecified atom stereocenters. The molecule has 0 saturated heterocycles. The van der Waals surface area contributed by atoms with Gasteiger partial charge in [0.1, 0.15) is 11.6 Å². The third kappa shape index (κ3) is 3.27. The van der Waals surface area contributed by atoms with E-state index in [0.717, 1.165) is 23.5 Å². The van der Waals surface area contributed by atoms with Crippen LogP contribution >= 0.6 is 27.3 Å². The molecule has 2 rings (SSSR count). The third-order valence-corrected chi connectivity index (χ3v) is 3.85. The summed E-state index contributed by atoms with van der Waals surface area (Å²) in [7, 11) is 0. The average molecular weight is 349 g/mol. The van der Waals surface area contributed by atoms with Crippen molar-refractivity contribution in [2.75, 3.05) is 5.32 Å². The minimum absolute atomic E-state index is 0.0236. The maximum Gasteiger partial charge on any atom is 0.324 e. The molecule has 1 heterocycles. The van der Waals surface area contributed by atoms with E-state index in [2.05, 4.69) is 21.2 Å². The van der Waals surface area contributed by atoms with E-state index in [9.17, 15) is 18.9 Å². The SMILES string of the molecule is O=[N+]([O-])c1cc(CNc2c(F)cc(F)cc2Br)cs1. The maximum atomic E-state index is 13.5. The first-order valence-corrected chi connectivity index (χ1v) is 6.75. The van der Waals surface area contributed by atoms with E-state index in [1.54, 1.807) is 5.38 Å². The lowest BCUT2D eigenvalue weighted by Crippen LogP contribution is -2.02. The maximum absolute atomic E-state index is 13.5. The van der Waals surface area contributed by atoms with Gasteiger partial charge in [-0.25, -0.2) is 8.78 Å². The first-order chi connectivity index (χ1) is 8.97. The van der Waals surface area contributed by atoms with Crippen molar-refractivity contribution < 1.29 is 13.7 Å². The van der Waals surface area contributed by atoms with Crippen molar-refractivity contribution in [3.8, 4) is 0 Å². The largest absolute Gasteiger partial charge is 0.378 e. The molecular weight excluding hydrogens is 342 g/mol. The van der Waals surface area contributed by atoms with Gasteiger partial charge in [0.15, 0.2) is 0 Å². The number of rotatable bonds is 4. The van der Waals surface area contributed by atoms with Gasteiger partial charge in [-0.05, 0) is 27.6 Å². The number of nitrogens with zero attached hydrogens (tertiary/aromatic N) is 1. The number of hydrogen-bond donors (Lipinski definition) is 1. The van der Waals surface area contributed by atoms with Crippen LogP contribution in [0.3, 0.4) is 0 Å². The van der Waals surface area contributed by atoms with Crippen LogP contribution in [0, 0.1) is 21.7 Å². The van der Waals surface area contributed by atoms with Crippen LogP contribution in [0.15, 0.2) is 28.1 Å². The highest BCUT2D eigenvalue weighted by Gasteiger charge is 2.12. The van der Waals surface area contributed by atoms with Crippen LogP contribution in [-0.2, 0) is 6.54 Å². The molecule has 100 valence electrons. The van der Waals surface area contributed by atoms with Gasteiger partial charge in [0.05, 0.1) is 10.6 Å². The highest BCUT2D eigenvalue weighted by Crippen LogP contribution is 2.28. The number of halogens is 3. The van der Waals surface area contributed by atoms with Gasteiger partial charge in [-0.3, -0.25) is 10.1 Å². The fourth-order valence-electron chi connectivity index (χ4n) is 1.45. The first kappa shape index (κ1) is 13.9. The molecule has 0 spiro atoms. The molecule has 19 heavy (non-hydrogen) atoms. The third-order valence-electron chi connectivity index (χ3n) is 2.30. The standard InChI is InChI=1S/C11H7BrF2N2O2S/c12-8-2-7(13)3-9(14)11(8)15-4-6-1-10(16(17)18)19-5-6/h1-3,5,15H,4H2. The van der Waals surface area contributed by atoms with Crippen molar-refractivity contribution in [3.05, 3.63) is 55.4 Å². The zero-order chi connectivity index (χ0) is 14.0. The van der Waals surface area contributed by atoms with Crippen molar-refractivity contribution in [1.29, 1.82) is 0 Å². The highest BCUT2D eigenvalue weighted by atomic mass is 79.9. The van der Waals surface area contributed by atoms with Gasteiger partial charge in [-0.1, -0.05) is 11.3 Å². The molecule has 0 aliphatic heterocycles. The van der Waals surface area contributed by atoms with Crippen molar-refractivity contribution in [2.45, 2.75) is 6.54 Å². The molecule has 8 heteroatoms. The fourth-order valence-corrected chi connectivity index (χ4v) is 2.73. The quantitative estimate of drug-likeness (QED) is 0.661. The lowest BCUT2D eigenvalue weighted by atomic mass is 10.2. The zero-order valence-electron chi connectivity index (χ0n) is 9.32. The second-order valence-corrected chi connectivity index (χ2v) is 5.39. The second-order valence-electron chi connectivity index (χ2n) is 3.65. The molecular formula is C11H7BrF2N2O2S. The van der Waals surface area contributed by atoms with E-state index in [-0.39, 0.29) is 21.7 Å². The molecule has 4 nitrogen and oxygen atoms in total. The van der Waals surface area contributed by atoms with Crippen LogP contribution < -0.4 is 5.32 Å². The normalized spacial score (nSPS) is 10.5. The minimum Gasteiger partial charge on any atom is -0.378 e. The number of nitro groups is 1. The molecule has 0 atom stereocenters. The van der Waals surface area contributed by atoms with Crippen LogP contribution in [0.4, 0.5) is 19.5 Å². The molecule has 1 aromatic carbocycles. The zero-order valence-corrected chi connectivity index (χ0v) is 11.7. The second kappa shape index (κ2) is 5.62. The highest BCUT2D eigenvalue weighted by molar-refractivity contribution is 9.10. The number of thiophene rings is 1. The number of benzene rings is 1. The van der Waals surface area contributed by atoms with E-state index < -0.39 is 16.6 Å². The topological polar surface area (TPSA) is 55.2 Å². The van der Waals surface area contributed by atoms with E-state index in [4.69, 9.17) is 0 Å². The molecule has 0 saturated carbocycles. The summed E-state index contributed by atoms with van der Waals surface area (Å²) in [5.41, 5.74) is 0.780. The molecule has 0 aliphatic rings. The summed E-state index contributed by atoms with van der Waals surface area (Å²) < 4.78 is 26.7. The Morgan fingerprint density at radius 2 is 2.11 bits per heavy atom. The van der Waals surface area contributed by atoms with Gasteiger partial charge >= 0.3 is 5.00 Å². The number of anilines is 1. The summed E-state index contributed by atoms with van der Waals surface area (Å²) >= 11 is 4.05. The molecule has 1 aromatic heterocycles. The fraction of sp³-hybridized carbons (Fsp3) is 0.0909. The van der Waals surface area contributed by atoms with Gasteiger partial charge in [-0.2, -0.15) is 0 Å². The van der Waals surface area contributed by atoms with E-state index in [1.165, 1.54) is 6.07 Å². The van der Waals surface area contributed by atoms with Gasteiger partial charge in [0.2, 0.25) is 0 Å². The van der Waals surface area contributed by atoms with Gasteiger partial charge in [0.25, 0.3) is 0 Å². The summed E-state index contributed by atoms with van der Waals surface area (Å²) in [6.45, 7) is 0.214. The smallest absolute Gasteiger partial charge is 0.324 e. The Labute approximate surface area is 119 Å². The Morgan fingerprint density at radius 3 is 2.68 bits per heavy atom. The van der Waals surface area contributed by atoms with Crippen molar-refractivity contribution >= 4 is 38.0 Å². The number of nitrogens with one attached hydrogen (secondary N) is 1. The van der Waals surface area contributed by atoms with E-state index in [1.807, 2.05) is 0 Å². The Balaban J connectivity index is 2.12. The van der Waals surface area contributed by atoms with Crippen LogP contribution in [0.25, 0.3) is 0 Å². The minimum atomic E-state index is -0.725. The lowest BCUT2D eigenvalue weighted by Gasteiger charge is -2.08. The van der Waals surface area contributed by atoms with Crippen molar-refractivity contribution in [3.63, 3.8) is 0 Å². The summed E-state index contributed by atoms with van der Waals surface area (Å²) in [4.78, 5) is 10.0. The lowest BCUT2D eigenvalue weighted by molar-refractivity contribution is -0.380. The van der Waals surface area contributed by atoms with Crippen molar-refractivity contribution in [1.82, 2.24) is 0 Å². The Hall–Kier alpha value is -1.54. The summed E-state index contributed by atoms with van der Waals surface area (Å²) in [6.07, 6.45) is 0. The van der Waals surface area contributed by atoms with Crippen molar-refractivity contribution in [2.24, 2.45) is 0 Å². The molecule has 2 aromatic rings. The molecule has 0 aliphatic carbocycles. The van der Waals surface area contributed by atoms with Gasteiger partial charge in [-0.15, -0.1) is 0 Å². The summed E-state index contributed by atoms with van der Waals surface area (Å²) in [5, 5.41) is 14.9. The predicted octanol–water partition coefficient (Wildman–Crippen LogP) is 4.31. The Morgan fingerprint density at radius 1 is 1.37 bits per heavy atom. The molecule has 0 radical (unpaired) electrons. The van der Waals surface area contributed by atoms with Gasteiger partial charge in [0, 0.05) is 28.5 Å². The molecule has 0 fully saturated rings. The number of hydrogen-bond acceptors (Lipinski definition) is 4. The van der Waals surface area contributed by atoms with E-state index >= 15 is 0 Å². The Kier molecular flexibility index (Phi) is 4.11. The summed E-state index contributed by atoms with van der Waals surface area (Å²) in [6, 6.07) is 3.32. The molecule has 0 bridgehead atoms. The van der Waals surface area contributed by atoms with Crippen LogP contribution in [0.5, 0.6) is 0 Å². The summed E-state index contributed by atoms with van der Waals surface area (Å²) in [5.74, 6) is -1.40.